The van der Waals surface area contributed by atoms with E-state index in [2.05, 4.69) is 43.0 Å². The van der Waals surface area contributed by atoms with Crippen molar-refractivity contribution >= 4 is 17.7 Å². The van der Waals surface area contributed by atoms with Gasteiger partial charge in [-0.25, -0.2) is 9.18 Å². The summed E-state index contributed by atoms with van der Waals surface area (Å²) in [4.78, 5) is 20.1. The van der Waals surface area contributed by atoms with Crippen molar-refractivity contribution in [2.75, 3.05) is 18.0 Å². The number of fused-ring (bicyclic) bond motifs is 1. The molecule has 2 aliphatic rings. The number of nitrogens with zero attached hydrogens (tertiary/aromatic N) is 2. The van der Waals surface area contributed by atoms with E-state index >= 15 is 0 Å². The van der Waals surface area contributed by atoms with Gasteiger partial charge >= 0.3 is 5.97 Å². The lowest BCUT2D eigenvalue weighted by molar-refractivity contribution is -0.160. The molecule has 6 heteroatoms. The number of hydrogen-bond donors (Lipinski definition) is 1. The van der Waals surface area contributed by atoms with Gasteiger partial charge in [-0.1, -0.05) is 55.8 Å². The van der Waals surface area contributed by atoms with Gasteiger partial charge in [-0.05, 0) is 107 Å². The number of carboxylic acids is 1. The maximum atomic E-state index is 13.4. The first-order valence-corrected chi connectivity index (χ1v) is 15.4. The van der Waals surface area contributed by atoms with E-state index in [1.807, 2.05) is 46.8 Å². The van der Waals surface area contributed by atoms with Crippen LogP contribution in [0.3, 0.4) is 0 Å². The Kier molecular flexibility index (Phi) is 8.54. The lowest BCUT2D eigenvalue weighted by Crippen LogP contribution is -2.39. The summed E-state index contributed by atoms with van der Waals surface area (Å²) >= 11 is 0. The minimum atomic E-state index is -1.13. The Morgan fingerprint density at radius 2 is 1.70 bits per heavy atom. The van der Waals surface area contributed by atoms with E-state index in [9.17, 15) is 14.3 Å². The number of aliphatic carboxylic acids is 1. The second kappa shape index (κ2) is 11.9. The molecule has 228 valence electrons. The normalized spacial score (nSPS) is 18.4. The number of hydrogen-bond acceptors (Lipinski definition) is 4. The van der Waals surface area contributed by atoms with Crippen LogP contribution in [0.15, 0.2) is 48.0 Å². The Morgan fingerprint density at radius 1 is 1.02 bits per heavy atom. The Morgan fingerprint density at radius 3 is 2.33 bits per heavy atom. The summed E-state index contributed by atoms with van der Waals surface area (Å²) < 4.78 is 19.6. The Hall–Kier alpha value is -3.51. The van der Waals surface area contributed by atoms with Crippen LogP contribution in [0.1, 0.15) is 93.6 Å². The third-order valence-electron chi connectivity index (χ3n) is 8.84. The van der Waals surface area contributed by atoms with Crippen LogP contribution in [0.4, 0.5) is 10.1 Å². The van der Waals surface area contributed by atoms with Crippen molar-refractivity contribution < 1.29 is 19.0 Å². The fourth-order valence-corrected chi connectivity index (χ4v) is 6.49. The predicted octanol–water partition coefficient (Wildman–Crippen LogP) is 8.64. The Bertz CT molecular complexity index is 1540. The Balaban J connectivity index is 1.60. The summed E-state index contributed by atoms with van der Waals surface area (Å²) in [6.07, 6.45) is 5.81. The molecule has 0 unspecified atom stereocenters. The van der Waals surface area contributed by atoms with Crippen LogP contribution in [0.5, 0.6) is 0 Å². The van der Waals surface area contributed by atoms with Crippen molar-refractivity contribution in [1.82, 2.24) is 4.98 Å². The molecule has 1 fully saturated rings. The second-order valence-corrected chi connectivity index (χ2v) is 14.0. The molecule has 5 rings (SSSR count). The third kappa shape index (κ3) is 7.01. The summed E-state index contributed by atoms with van der Waals surface area (Å²) in [7, 11) is 0. The van der Waals surface area contributed by atoms with Gasteiger partial charge < -0.3 is 14.7 Å². The molecule has 2 heterocycles. The van der Waals surface area contributed by atoms with E-state index in [1.165, 1.54) is 28.8 Å². The summed E-state index contributed by atoms with van der Waals surface area (Å²) in [6, 6.07) is 13.3. The molecule has 3 aromatic rings. The number of allylic oxidation sites excluding steroid dienone is 1. The first kappa shape index (κ1) is 30.9. The van der Waals surface area contributed by atoms with Gasteiger partial charge in [0.05, 0.1) is 11.3 Å². The van der Waals surface area contributed by atoms with Crippen LogP contribution in [0.2, 0.25) is 0 Å². The van der Waals surface area contributed by atoms with Gasteiger partial charge in [0, 0.05) is 35.6 Å². The first-order valence-electron chi connectivity index (χ1n) is 15.4. The van der Waals surface area contributed by atoms with Crippen molar-refractivity contribution in [3.63, 3.8) is 0 Å². The molecule has 1 aliphatic carbocycles. The summed E-state index contributed by atoms with van der Waals surface area (Å²) in [5.74, 6) is -1.22. The van der Waals surface area contributed by atoms with E-state index in [0.29, 0.717) is 11.3 Å². The molecule has 0 spiro atoms. The number of halogens is 1. The monoisotopic (exact) mass is 584 g/mol. The SMILES string of the molecule is Cc1nc(C)c([C@H](OC(C)(C)C)C(=O)O)c(N2CCC(C)(C)CC2)c1-c1ccc2c(c1)CCC(=Cc1ccc(F)cc1)C2. The van der Waals surface area contributed by atoms with Gasteiger partial charge in [0.25, 0.3) is 0 Å². The topological polar surface area (TPSA) is 62.7 Å². The molecule has 1 aromatic heterocycles. The number of benzene rings is 2. The number of ether oxygens (including phenoxy) is 1. The average molecular weight is 585 g/mol. The number of aryl methyl sites for hydroxylation is 3. The van der Waals surface area contributed by atoms with Crippen molar-refractivity contribution in [1.29, 1.82) is 0 Å². The molecular weight excluding hydrogens is 539 g/mol. The van der Waals surface area contributed by atoms with Crippen molar-refractivity contribution in [3.8, 4) is 11.1 Å². The second-order valence-electron chi connectivity index (χ2n) is 14.0. The molecule has 0 radical (unpaired) electrons. The van der Waals surface area contributed by atoms with Crippen LogP contribution in [0, 0.1) is 25.1 Å². The zero-order chi connectivity index (χ0) is 31.1. The quantitative estimate of drug-likeness (QED) is 0.314. The maximum absolute atomic E-state index is 13.4. The lowest BCUT2D eigenvalue weighted by Gasteiger charge is -2.41. The standard InChI is InChI=1S/C37H45FN2O3/c1-23-31(29-13-12-27-21-26(8-11-28(27)22-29)20-25-9-14-30(38)15-10-25)33(40-18-16-37(6,7)17-19-40)32(24(2)39-23)34(35(41)42)43-36(3,4)5/h9-10,12-15,20,22,34H,8,11,16-19,21H2,1-7H3,(H,41,42)/t34-/m0/s1. The van der Waals surface area contributed by atoms with Gasteiger partial charge in [-0.15, -0.1) is 0 Å². The molecule has 43 heavy (non-hydrogen) atoms. The van der Waals surface area contributed by atoms with Gasteiger partial charge in [0.2, 0.25) is 0 Å². The fraction of sp³-hybridized carbons (Fsp3) is 0.459. The zero-order valence-corrected chi connectivity index (χ0v) is 26.7. The molecule has 1 saturated heterocycles. The van der Waals surface area contributed by atoms with Crippen LogP contribution < -0.4 is 4.90 Å². The van der Waals surface area contributed by atoms with E-state index in [1.54, 1.807) is 0 Å². The van der Waals surface area contributed by atoms with E-state index in [-0.39, 0.29) is 11.2 Å². The largest absolute Gasteiger partial charge is 0.479 e. The highest BCUT2D eigenvalue weighted by Crippen LogP contribution is 2.45. The molecule has 1 atom stereocenters. The van der Waals surface area contributed by atoms with Gasteiger partial charge in [0.1, 0.15) is 5.82 Å². The highest BCUT2D eigenvalue weighted by Gasteiger charge is 2.36. The van der Waals surface area contributed by atoms with Crippen molar-refractivity contribution in [2.24, 2.45) is 5.41 Å². The first-order chi connectivity index (χ1) is 20.2. The van der Waals surface area contributed by atoms with Gasteiger partial charge in [-0.3, -0.25) is 4.98 Å². The molecule has 0 bridgehead atoms. The molecule has 2 aromatic carbocycles. The van der Waals surface area contributed by atoms with E-state index < -0.39 is 17.7 Å². The molecule has 0 amide bonds. The summed E-state index contributed by atoms with van der Waals surface area (Å²) in [5, 5.41) is 10.5. The number of carbonyl (C=O) groups is 1. The van der Waals surface area contributed by atoms with Crippen molar-refractivity contribution in [3.05, 3.63) is 87.5 Å². The minimum Gasteiger partial charge on any atom is -0.479 e. The highest BCUT2D eigenvalue weighted by molar-refractivity contribution is 5.88. The number of carboxylic acid groups (broad SMARTS) is 1. The predicted molar refractivity (Wildman–Crippen MR) is 172 cm³/mol. The third-order valence-corrected chi connectivity index (χ3v) is 8.84. The summed E-state index contributed by atoms with van der Waals surface area (Å²) in [5.41, 5.74) is 9.82. The molecule has 1 aliphatic heterocycles. The van der Waals surface area contributed by atoms with Gasteiger partial charge in [0.15, 0.2) is 6.10 Å². The fourth-order valence-electron chi connectivity index (χ4n) is 6.49. The molecule has 5 nitrogen and oxygen atoms in total. The molecule has 0 saturated carbocycles. The number of aromatic nitrogens is 1. The smallest absolute Gasteiger partial charge is 0.337 e. The summed E-state index contributed by atoms with van der Waals surface area (Å²) in [6.45, 7) is 15.9. The van der Waals surface area contributed by atoms with Gasteiger partial charge in [-0.2, -0.15) is 0 Å². The minimum absolute atomic E-state index is 0.222. The lowest BCUT2D eigenvalue weighted by atomic mass is 9.81. The highest BCUT2D eigenvalue weighted by atomic mass is 19.1. The van der Waals surface area contributed by atoms with Crippen LogP contribution in [0.25, 0.3) is 17.2 Å². The molecular formula is C37H45FN2O3. The maximum Gasteiger partial charge on any atom is 0.337 e. The number of pyridine rings is 1. The van der Waals surface area contributed by atoms with Crippen molar-refractivity contribution in [2.45, 2.75) is 92.3 Å². The Labute approximate surface area is 255 Å². The van der Waals surface area contributed by atoms with Crippen LogP contribution in [-0.4, -0.2) is 34.8 Å². The number of anilines is 1. The van der Waals surface area contributed by atoms with Crippen LogP contribution in [-0.2, 0) is 22.4 Å². The average Bonchev–Trinajstić information content (AvgIpc) is 2.92. The molecule has 1 N–H and O–H groups in total. The van der Waals surface area contributed by atoms with Crippen LogP contribution >= 0.6 is 0 Å². The number of rotatable bonds is 6. The zero-order valence-electron chi connectivity index (χ0n) is 26.7. The van der Waals surface area contributed by atoms with E-state index in [0.717, 1.165) is 73.3 Å². The number of piperidine rings is 1. The van der Waals surface area contributed by atoms with E-state index in [4.69, 9.17) is 9.72 Å².